The summed E-state index contributed by atoms with van der Waals surface area (Å²) in [4.78, 5) is 114. The predicted molar refractivity (Wildman–Crippen MR) is 294 cm³/mol. The molecule has 416 valence electrons. The maximum atomic E-state index is 14.6. The number of likely N-dealkylation sites (N-methyl/N-ethyl adjacent to an activating group) is 1. The molecule has 7 rings (SSSR count). The Hall–Kier alpha value is -7.06. The van der Waals surface area contributed by atoms with E-state index in [-0.39, 0.29) is 55.7 Å². The molecule has 0 bridgehead atoms. The number of aryl methyl sites for hydroxylation is 2. The average molecular weight is 1060 g/mol. The van der Waals surface area contributed by atoms with E-state index in [0.29, 0.717) is 11.4 Å². The molecule has 2 fully saturated rings. The van der Waals surface area contributed by atoms with Crippen molar-refractivity contribution in [2.75, 3.05) is 30.8 Å². The van der Waals surface area contributed by atoms with Gasteiger partial charge in [0.25, 0.3) is 0 Å². The molecule has 77 heavy (non-hydrogen) atoms. The number of rotatable bonds is 15. The monoisotopic (exact) mass is 1060 g/mol. The van der Waals surface area contributed by atoms with Gasteiger partial charge >= 0.3 is 12.1 Å². The van der Waals surface area contributed by atoms with Gasteiger partial charge in [0.15, 0.2) is 0 Å². The first-order valence-electron chi connectivity index (χ1n) is 27.1. The summed E-state index contributed by atoms with van der Waals surface area (Å²) in [5, 5.41) is 26.5. The molecule has 3 aromatic carbocycles. The van der Waals surface area contributed by atoms with Crippen molar-refractivity contribution in [3.8, 4) is 0 Å². The highest BCUT2D eigenvalue weighted by atomic mass is 16.2. The van der Waals surface area contributed by atoms with Crippen LogP contribution in [0.3, 0.4) is 0 Å². The number of nitrogens with one attached hydrogen (secondary N) is 9. The number of nitrogens with two attached hydrogens (primary N) is 1. The predicted octanol–water partition coefficient (Wildman–Crippen LogP) is 4.27. The molecule has 0 saturated carbocycles. The van der Waals surface area contributed by atoms with Crippen molar-refractivity contribution in [2.45, 2.75) is 167 Å². The highest BCUT2D eigenvalue weighted by Gasteiger charge is 2.48. The van der Waals surface area contributed by atoms with Gasteiger partial charge in [-0.05, 0) is 130 Å². The third-order valence-corrected chi connectivity index (χ3v) is 15.3. The Bertz CT molecular complexity index is 2670. The van der Waals surface area contributed by atoms with Gasteiger partial charge in [-0.15, -0.1) is 0 Å². The van der Waals surface area contributed by atoms with Crippen LogP contribution in [0.4, 0.5) is 21.0 Å². The van der Waals surface area contributed by atoms with Crippen LogP contribution in [0.25, 0.3) is 0 Å². The molecule has 2 heterocycles. The van der Waals surface area contributed by atoms with Gasteiger partial charge in [-0.3, -0.25) is 28.8 Å². The van der Waals surface area contributed by atoms with E-state index in [0.717, 1.165) is 55.2 Å². The lowest BCUT2D eigenvalue weighted by Crippen LogP contribution is -2.59. The number of amides is 10. The molecule has 1 unspecified atom stereocenters. The van der Waals surface area contributed by atoms with Crippen LogP contribution in [-0.4, -0.2) is 126 Å². The van der Waals surface area contributed by atoms with Crippen molar-refractivity contribution < 1.29 is 38.4 Å². The average Bonchev–Trinajstić information content (AvgIpc) is 4.01. The highest BCUT2D eigenvalue weighted by Crippen LogP contribution is 2.34. The Morgan fingerprint density at radius 1 is 0.558 bits per heavy atom. The van der Waals surface area contributed by atoms with E-state index in [2.05, 4.69) is 60.0 Å². The number of likely N-dealkylation sites (tertiary alicyclic amines) is 2. The Morgan fingerprint density at radius 3 is 1.32 bits per heavy atom. The second-order valence-corrected chi connectivity index (χ2v) is 23.4. The molecule has 10 amide bonds. The van der Waals surface area contributed by atoms with Crippen molar-refractivity contribution in [1.29, 1.82) is 0 Å². The van der Waals surface area contributed by atoms with Crippen LogP contribution in [0, 0.1) is 10.8 Å². The minimum Gasteiger partial charge on any atom is -0.347 e. The van der Waals surface area contributed by atoms with Crippen LogP contribution in [0.1, 0.15) is 128 Å². The fourth-order valence-electron chi connectivity index (χ4n) is 10.9. The first-order valence-corrected chi connectivity index (χ1v) is 27.1. The molecule has 2 saturated heterocycles. The molecule has 0 radical (unpaired) electrons. The Balaban J connectivity index is 0.996. The van der Waals surface area contributed by atoms with Crippen molar-refractivity contribution in [3.05, 3.63) is 95.1 Å². The van der Waals surface area contributed by atoms with E-state index in [1.54, 1.807) is 38.2 Å². The van der Waals surface area contributed by atoms with Gasteiger partial charge in [0.1, 0.15) is 24.2 Å². The molecule has 3 aromatic rings. The minimum atomic E-state index is -1.02. The van der Waals surface area contributed by atoms with Crippen LogP contribution in [-0.2, 0) is 41.6 Å². The molecule has 11 N–H and O–H groups in total. The third kappa shape index (κ3) is 14.3. The van der Waals surface area contributed by atoms with E-state index in [1.807, 2.05) is 77.9 Å². The summed E-state index contributed by atoms with van der Waals surface area (Å²) < 4.78 is 0. The molecule has 0 aromatic heterocycles. The van der Waals surface area contributed by atoms with E-state index in [4.69, 9.17) is 5.73 Å². The molecular formula is C57H80N12O8. The quantitative estimate of drug-likeness (QED) is 0.103. The number of nitrogens with zero attached hydrogens (tertiary/aromatic N) is 2. The lowest BCUT2D eigenvalue weighted by atomic mass is 9.85. The number of hydrogen-bond acceptors (Lipinski definition) is 10. The topological polar surface area (TPSA) is 277 Å². The van der Waals surface area contributed by atoms with Crippen LogP contribution >= 0.6 is 0 Å². The molecule has 2 aliphatic heterocycles. The molecule has 0 spiro atoms. The summed E-state index contributed by atoms with van der Waals surface area (Å²) in [5.74, 6) is -2.47. The zero-order chi connectivity index (χ0) is 55.9. The molecule has 20 heteroatoms. The number of carbonyl (C=O) groups is 8. The lowest BCUT2D eigenvalue weighted by molar-refractivity contribution is -0.144. The van der Waals surface area contributed by atoms with E-state index < -0.39 is 88.9 Å². The first-order chi connectivity index (χ1) is 36.4. The Kier molecular flexibility index (Phi) is 18.3. The number of hydrogen-bond donors (Lipinski definition) is 10. The number of fused-ring (bicyclic) bond motifs is 2. The van der Waals surface area contributed by atoms with Crippen LogP contribution in [0.2, 0.25) is 0 Å². The summed E-state index contributed by atoms with van der Waals surface area (Å²) in [5.41, 5.74) is 9.60. The van der Waals surface area contributed by atoms with Gasteiger partial charge < -0.3 is 63.4 Å². The van der Waals surface area contributed by atoms with Crippen molar-refractivity contribution in [2.24, 2.45) is 16.6 Å². The fraction of sp³-hybridized carbons (Fsp3) is 0.544. The zero-order valence-corrected chi connectivity index (χ0v) is 46.0. The normalized spacial score (nSPS) is 22.6. The van der Waals surface area contributed by atoms with Gasteiger partial charge in [0.2, 0.25) is 35.4 Å². The van der Waals surface area contributed by atoms with E-state index >= 15 is 0 Å². The second kappa shape index (κ2) is 24.5. The maximum absolute atomic E-state index is 14.6. The largest absolute Gasteiger partial charge is 0.347 e. The van der Waals surface area contributed by atoms with Crippen molar-refractivity contribution in [1.82, 2.24) is 47.0 Å². The molecule has 4 aliphatic rings. The summed E-state index contributed by atoms with van der Waals surface area (Å²) in [6.45, 7) is 14.2. The second-order valence-electron chi connectivity index (χ2n) is 23.4. The SMILES string of the molecule is CN[C@@H](C)C(=O)N[C@H](C(=O)N1C[C@@H](NC(=O)Nc2ccc(NC(=O)N[C@H]3CC(C(=O)N[C@@H]4CCCc5ccccc54)N(C(=O)[C@@H](NC(=O)[C@H](C)N)C(C)(C)C)C3)cc2)C[C@H]1C(=O)N[C@@H]1CCCc2ccccc21)C(C)(C)C. The van der Waals surface area contributed by atoms with E-state index in [9.17, 15) is 38.4 Å². The van der Waals surface area contributed by atoms with Crippen LogP contribution in [0.5, 0.6) is 0 Å². The summed E-state index contributed by atoms with van der Waals surface area (Å²) in [6, 6.07) is 14.1. The zero-order valence-electron chi connectivity index (χ0n) is 46.0. The number of urea groups is 2. The van der Waals surface area contributed by atoms with Gasteiger partial charge in [0.05, 0.1) is 36.3 Å². The van der Waals surface area contributed by atoms with Crippen molar-refractivity contribution in [3.63, 3.8) is 0 Å². The maximum Gasteiger partial charge on any atom is 0.319 e. The molecule has 2 aliphatic carbocycles. The fourth-order valence-corrected chi connectivity index (χ4v) is 10.9. The van der Waals surface area contributed by atoms with Gasteiger partial charge in [-0.2, -0.15) is 0 Å². The summed E-state index contributed by atoms with van der Waals surface area (Å²) in [6.07, 6.45) is 5.32. The highest BCUT2D eigenvalue weighted by molar-refractivity contribution is 5.97. The van der Waals surface area contributed by atoms with Gasteiger partial charge in [0, 0.05) is 24.5 Å². The smallest absolute Gasteiger partial charge is 0.319 e. The molecular weight excluding hydrogens is 981 g/mol. The third-order valence-electron chi connectivity index (χ3n) is 15.3. The van der Waals surface area contributed by atoms with Gasteiger partial charge in [-0.1, -0.05) is 90.1 Å². The van der Waals surface area contributed by atoms with Crippen LogP contribution < -0.4 is 53.6 Å². The van der Waals surface area contributed by atoms with Crippen molar-refractivity contribution >= 4 is 58.9 Å². The number of carbonyl (C=O) groups excluding carboxylic acids is 8. The number of anilines is 2. The standard InChI is InChI=1S/C57H80N12O8/c1-32(58)48(70)66-46(56(3,4)5)52(74)68-30-38(28-44(68)50(72)64-42-22-14-18-34-16-10-12-20-40(34)42)62-54(76)60-36-24-26-37(27-25-36)61-55(77)63-39-29-45(51(73)65-43-23-15-19-35-17-11-13-21-41(35)43)69(31-39)53(75)47(57(6,7)8)67-49(71)33(2)59-9/h10-13,16-17,20-21,24-27,32-33,38-39,42-47,59H,14-15,18-19,22-23,28-31,58H2,1-9H3,(H,64,72)(H,65,73)(H,66,70)(H,67,71)(H2,60,62,76)(H2,61,63,77)/t32-,33-,38-,39-,42+,43+,44?,45-,46+,47+/m0/s1. The molecule has 20 nitrogen and oxygen atoms in total. The first kappa shape index (κ1) is 57.6. The van der Waals surface area contributed by atoms with Crippen LogP contribution in [0.15, 0.2) is 72.8 Å². The summed E-state index contributed by atoms with van der Waals surface area (Å²) >= 11 is 0. The Labute approximate surface area is 452 Å². The minimum absolute atomic E-state index is 0.00125. The lowest BCUT2D eigenvalue weighted by Gasteiger charge is -2.36. The van der Waals surface area contributed by atoms with E-state index in [1.165, 1.54) is 22.3 Å². The number of benzene rings is 3. The molecule has 10 atom stereocenters. The Morgan fingerprint density at radius 2 is 0.948 bits per heavy atom. The van der Waals surface area contributed by atoms with Gasteiger partial charge in [-0.25, -0.2) is 9.59 Å². The summed E-state index contributed by atoms with van der Waals surface area (Å²) in [7, 11) is 1.65.